The number of aliphatic hydroxyl groups is 1. The van der Waals surface area contributed by atoms with Crippen molar-refractivity contribution in [3.63, 3.8) is 0 Å². The molecule has 0 bridgehead atoms. The lowest BCUT2D eigenvalue weighted by Gasteiger charge is -2.11. The Hall–Kier alpha value is -1.26. The zero-order valence-corrected chi connectivity index (χ0v) is 10.3. The number of hydrogen-bond donors (Lipinski definition) is 2. The monoisotopic (exact) mass is 258 g/mol. The molecule has 0 aliphatic carbocycles. The van der Waals surface area contributed by atoms with Gasteiger partial charge in [0.1, 0.15) is 5.75 Å². The Morgan fingerprint density at radius 3 is 2.71 bits per heavy atom. The molecule has 1 rings (SSSR count). The number of hydrogen-bond acceptors (Lipinski definition) is 3. The molecule has 5 heteroatoms. The van der Waals surface area contributed by atoms with Crippen LogP contribution in [0.5, 0.6) is 5.75 Å². The summed E-state index contributed by atoms with van der Waals surface area (Å²) in [6, 6.07) is 4.99. The Bertz CT molecular complexity index is 392. The van der Waals surface area contributed by atoms with Crippen LogP contribution in [0, 0.1) is 0 Å². The van der Waals surface area contributed by atoms with E-state index in [1.54, 1.807) is 6.07 Å². The molecule has 94 valence electrons. The molecule has 0 amide bonds. The smallest absolute Gasteiger partial charge is 0.337 e. The lowest BCUT2D eigenvalue weighted by Crippen LogP contribution is -2.11. The maximum absolute atomic E-state index is 10.7. The van der Waals surface area contributed by atoms with Crippen molar-refractivity contribution in [2.24, 2.45) is 0 Å². The molecule has 0 saturated carbocycles. The highest BCUT2D eigenvalue weighted by molar-refractivity contribution is 6.17. The van der Waals surface area contributed by atoms with Crippen LogP contribution in [0.25, 0.3) is 0 Å². The van der Waals surface area contributed by atoms with Crippen LogP contribution in [0.15, 0.2) is 18.2 Å². The molecule has 0 heterocycles. The van der Waals surface area contributed by atoms with Crippen LogP contribution in [0.1, 0.15) is 23.7 Å². The third kappa shape index (κ3) is 3.91. The van der Waals surface area contributed by atoms with Crippen molar-refractivity contribution < 1.29 is 19.7 Å². The molecule has 0 spiro atoms. The minimum Gasteiger partial charge on any atom is -0.497 e. The molecule has 0 radical (unpaired) electrons. The predicted molar refractivity (Wildman–Crippen MR) is 64.6 cm³/mol. The molecule has 4 nitrogen and oxygen atoms in total. The largest absolute Gasteiger partial charge is 0.497 e. The van der Waals surface area contributed by atoms with Crippen molar-refractivity contribution in [1.82, 2.24) is 0 Å². The van der Waals surface area contributed by atoms with Crippen molar-refractivity contribution in [3.05, 3.63) is 29.3 Å². The van der Waals surface area contributed by atoms with Gasteiger partial charge in [-0.15, -0.1) is 11.6 Å². The molecule has 1 atom stereocenters. The Kier molecular flexibility index (Phi) is 5.25. The van der Waals surface area contributed by atoms with Gasteiger partial charge in [0.2, 0.25) is 0 Å². The maximum atomic E-state index is 10.7. The van der Waals surface area contributed by atoms with Crippen LogP contribution < -0.4 is 4.74 Å². The summed E-state index contributed by atoms with van der Waals surface area (Å²) in [5.41, 5.74) is 1.22. The van der Waals surface area contributed by atoms with Crippen LogP contribution in [0.3, 0.4) is 0 Å². The van der Waals surface area contributed by atoms with E-state index in [-0.39, 0.29) is 0 Å². The number of carboxylic acid groups (broad SMARTS) is 1. The van der Waals surface area contributed by atoms with Gasteiger partial charge in [0.05, 0.1) is 7.11 Å². The average Bonchev–Trinajstić information content (AvgIpc) is 2.34. The summed E-state index contributed by atoms with van der Waals surface area (Å²) in [7, 11) is 1.50. The number of benzene rings is 1. The van der Waals surface area contributed by atoms with E-state index in [1.807, 2.05) is 6.07 Å². The molecule has 1 aromatic rings. The number of alkyl halides is 1. The van der Waals surface area contributed by atoms with Gasteiger partial charge in [0, 0.05) is 5.88 Å². The van der Waals surface area contributed by atoms with Crippen molar-refractivity contribution >= 4 is 17.6 Å². The number of carbonyl (C=O) groups is 1. The minimum atomic E-state index is -1.53. The van der Waals surface area contributed by atoms with E-state index in [2.05, 4.69) is 0 Å². The molecule has 0 aliphatic heterocycles. The summed E-state index contributed by atoms with van der Waals surface area (Å²) < 4.78 is 5.07. The Morgan fingerprint density at radius 2 is 2.18 bits per heavy atom. The molecule has 0 saturated heterocycles. The van der Waals surface area contributed by atoms with Gasteiger partial charge in [-0.3, -0.25) is 0 Å². The first kappa shape index (κ1) is 13.8. The van der Waals surface area contributed by atoms with Crippen molar-refractivity contribution in [3.8, 4) is 5.75 Å². The second kappa shape index (κ2) is 6.47. The molecule has 0 aliphatic rings. The van der Waals surface area contributed by atoms with Gasteiger partial charge in [-0.2, -0.15) is 0 Å². The lowest BCUT2D eigenvalue weighted by molar-refractivity contribution is -0.146. The lowest BCUT2D eigenvalue weighted by atomic mass is 10.0. The van der Waals surface area contributed by atoms with E-state index < -0.39 is 12.1 Å². The first-order chi connectivity index (χ1) is 8.08. The number of rotatable bonds is 6. The van der Waals surface area contributed by atoms with E-state index in [9.17, 15) is 9.90 Å². The van der Waals surface area contributed by atoms with Crippen molar-refractivity contribution in [2.75, 3.05) is 13.0 Å². The molecule has 0 aromatic heterocycles. The van der Waals surface area contributed by atoms with Crippen LogP contribution in [0.4, 0.5) is 0 Å². The summed E-state index contributed by atoms with van der Waals surface area (Å²) >= 11 is 5.60. The zero-order valence-electron chi connectivity index (χ0n) is 9.52. The van der Waals surface area contributed by atoms with Gasteiger partial charge in [0.25, 0.3) is 0 Å². The van der Waals surface area contributed by atoms with Crippen molar-refractivity contribution in [1.29, 1.82) is 0 Å². The summed E-state index contributed by atoms with van der Waals surface area (Å²) in [6.07, 6.45) is -0.0166. The third-order valence-corrected chi connectivity index (χ3v) is 2.64. The van der Waals surface area contributed by atoms with E-state index in [0.29, 0.717) is 17.2 Å². The number of aryl methyl sites for hydroxylation is 1. The first-order valence-corrected chi connectivity index (χ1v) is 5.76. The van der Waals surface area contributed by atoms with Gasteiger partial charge in [0.15, 0.2) is 6.10 Å². The van der Waals surface area contributed by atoms with E-state index in [4.69, 9.17) is 21.4 Å². The number of aliphatic hydroxyl groups excluding tert-OH is 1. The normalized spacial score (nSPS) is 12.2. The number of methoxy groups -OCH3 is 1. The van der Waals surface area contributed by atoms with Gasteiger partial charge in [-0.05, 0) is 36.1 Å². The fourth-order valence-corrected chi connectivity index (χ4v) is 1.65. The number of carboxylic acids is 1. The first-order valence-electron chi connectivity index (χ1n) is 5.23. The fourth-order valence-electron chi connectivity index (χ4n) is 1.52. The molecular weight excluding hydrogens is 244 g/mol. The highest BCUT2D eigenvalue weighted by Gasteiger charge is 2.17. The van der Waals surface area contributed by atoms with Crippen LogP contribution in [-0.2, 0) is 11.2 Å². The Labute approximate surface area is 105 Å². The van der Waals surface area contributed by atoms with E-state index in [1.165, 1.54) is 13.2 Å². The number of halogens is 1. The summed E-state index contributed by atoms with van der Waals surface area (Å²) in [5.74, 6) is -0.206. The highest BCUT2D eigenvalue weighted by Crippen LogP contribution is 2.23. The molecule has 17 heavy (non-hydrogen) atoms. The molecule has 1 aromatic carbocycles. The third-order valence-electron chi connectivity index (χ3n) is 2.37. The van der Waals surface area contributed by atoms with Gasteiger partial charge < -0.3 is 14.9 Å². The van der Waals surface area contributed by atoms with Crippen molar-refractivity contribution in [2.45, 2.75) is 18.9 Å². The van der Waals surface area contributed by atoms with Gasteiger partial charge in [-0.25, -0.2) is 4.79 Å². The predicted octanol–water partition coefficient (Wildman–Crippen LogP) is 1.98. The number of ether oxygens (including phenoxy) is 1. The van der Waals surface area contributed by atoms with Crippen LogP contribution in [-0.4, -0.2) is 29.2 Å². The van der Waals surface area contributed by atoms with Crippen LogP contribution >= 0.6 is 11.6 Å². The SMILES string of the molecule is COc1cc(CCCCl)cc(C(O)C(=O)O)c1. The number of aliphatic carboxylic acids is 1. The van der Waals surface area contributed by atoms with Crippen LogP contribution in [0.2, 0.25) is 0 Å². The molecule has 1 unspecified atom stereocenters. The fraction of sp³-hybridized carbons (Fsp3) is 0.417. The maximum Gasteiger partial charge on any atom is 0.337 e. The summed E-state index contributed by atoms with van der Waals surface area (Å²) in [6.45, 7) is 0. The topological polar surface area (TPSA) is 66.8 Å². The van der Waals surface area contributed by atoms with E-state index in [0.717, 1.165) is 18.4 Å². The standard InChI is InChI=1S/C12H15ClO4/c1-17-10-6-8(3-2-4-13)5-9(7-10)11(14)12(15)16/h5-7,11,14H,2-4H2,1H3,(H,15,16). The molecule has 2 N–H and O–H groups in total. The van der Waals surface area contributed by atoms with Gasteiger partial charge in [-0.1, -0.05) is 6.07 Å². The highest BCUT2D eigenvalue weighted by atomic mass is 35.5. The summed E-state index contributed by atoms with van der Waals surface area (Å²) in [5, 5.41) is 18.2. The van der Waals surface area contributed by atoms with E-state index >= 15 is 0 Å². The Morgan fingerprint density at radius 1 is 1.47 bits per heavy atom. The molecular formula is C12H15ClO4. The second-order valence-electron chi connectivity index (χ2n) is 3.65. The average molecular weight is 259 g/mol. The zero-order chi connectivity index (χ0) is 12.8. The molecule has 0 fully saturated rings. The summed E-state index contributed by atoms with van der Waals surface area (Å²) in [4.78, 5) is 10.7. The minimum absolute atomic E-state index is 0.321. The van der Waals surface area contributed by atoms with Gasteiger partial charge >= 0.3 is 5.97 Å². The Balaban J connectivity index is 3.00. The quantitative estimate of drug-likeness (QED) is 0.766. The second-order valence-corrected chi connectivity index (χ2v) is 4.03.